The molecule has 2 heterocycles. The predicted molar refractivity (Wildman–Crippen MR) is 86.3 cm³/mol. The molecule has 1 aliphatic rings. The lowest BCUT2D eigenvalue weighted by Gasteiger charge is -2.31. The molecule has 1 amide bonds. The smallest absolute Gasteiger partial charge is 0.286 e. The van der Waals surface area contributed by atoms with Crippen LogP contribution in [0.15, 0.2) is 51.4 Å². The molecule has 1 aliphatic heterocycles. The minimum absolute atomic E-state index is 0.285. The van der Waals surface area contributed by atoms with E-state index in [1.54, 1.807) is 18.2 Å². The first-order chi connectivity index (χ1) is 10.0. The second kappa shape index (κ2) is 5.36. The zero-order valence-electron chi connectivity index (χ0n) is 11.3. The molecule has 6 heteroatoms. The molecule has 0 radical (unpaired) electrons. The van der Waals surface area contributed by atoms with Crippen molar-refractivity contribution in [2.45, 2.75) is 19.1 Å². The SMILES string of the molecule is CC1=NN(C(=O)c2cccs2)C(O)(c2ccc(Br)cc2)C1. The number of hydrogen-bond donors (Lipinski definition) is 1. The molecule has 0 saturated carbocycles. The van der Waals surface area contributed by atoms with Crippen LogP contribution >= 0.6 is 27.3 Å². The van der Waals surface area contributed by atoms with Crippen molar-refractivity contribution in [1.29, 1.82) is 0 Å². The Balaban J connectivity index is 2.01. The molecule has 1 unspecified atom stereocenters. The van der Waals surface area contributed by atoms with Gasteiger partial charge in [0.2, 0.25) is 0 Å². The third kappa shape index (κ3) is 2.54. The summed E-state index contributed by atoms with van der Waals surface area (Å²) in [6, 6.07) is 10.8. The molecule has 1 aromatic carbocycles. The molecule has 0 aliphatic carbocycles. The summed E-state index contributed by atoms with van der Waals surface area (Å²) in [6.07, 6.45) is 0.311. The van der Waals surface area contributed by atoms with Crippen molar-refractivity contribution in [2.24, 2.45) is 5.10 Å². The molecular formula is C15H13BrN2O2S. The molecule has 1 N–H and O–H groups in total. The first kappa shape index (κ1) is 14.4. The van der Waals surface area contributed by atoms with Gasteiger partial charge in [-0.25, -0.2) is 0 Å². The van der Waals surface area contributed by atoms with Crippen molar-refractivity contribution in [1.82, 2.24) is 5.01 Å². The van der Waals surface area contributed by atoms with E-state index in [0.29, 0.717) is 16.9 Å². The third-order valence-electron chi connectivity index (χ3n) is 3.35. The molecule has 0 bridgehead atoms. The van der Waals surface area contributed by atoms with Gasteiger partial charge in [-0.2, -0.15) is 10.1 Å². The van der Waals surface area contributed by atoms with Crippen molar-refractivity contribution in [2.75, 3.05) is 0 Å². The average Bonchev–Trinajstić information content (AvgIpc) is 3.07. The molecular weight excluding hydrogens is 352 g/mol. The van der Waals surface area contributed by atoms with Crippen LogP contribution in [-0.4, -0.2) is 21.7 Å². The number of hydrazone groups is 1. The van der Waals surface area contributed by atoms with Gasteiger partial charge in [-0.05, 0) is 30.5 Å². The van der Waals surface area contributed by atoms with Gasteiger partial charge in [-0.1, -0.05) is 34.1 Å². The Hall–Kier alpha value is -1.50. The number of nitrogens with zero attached hydrogens (tertiary/aromatic N) is 2. The number of amides is 1. The molecule has 108 valence electrons. The summed E-state index contributed by atoms with van der Waals surface area (Å²) >= 11 is 4.71. The number of benzene rings is 1. The maximum atomic E-state index is 12.6. The highest BCUT2D eigenvalue weighted by Gasteiger charge is 2.45. The van der Waals surface area contributed by atoms with Crippen LogP contribution in [0.4, 0.5) is 0 Å². The number of rotatable bonds is 2. The van der Waals surface area contributed by atoms with E-state index in [0.717, 1.165) is 10.2 Å². The number of carbonyl (C=O) groups is 1. The minimum Gasteiger partial charge on any atom is -0.365 e. The second-order valence-corrected chi connectivity index (χ2v) is 6.79. The molecule has 2 aromatic rings. The lowest BCUT2D eigenvalue weighted by molar-refractivity contribution is -0.0763. The summed E-state index contributed by atoms with van der Waals surface area (Å²) in [4.78, 5) is 13.1. The van der Waals surface area contributed by atoms with Gasteiger partial charge in [0.15, 0.2) is 5.72 Å². The average molecular weight is 365 g/mol. The zero-order valence-corrected chi connectivity index (χ0v) is 13.7. The summed E-state index contributed by atoms with van der Waals surface area (Å²) in [7, 11) is 0. The molecule has 1 aromatic heterocycles. The molecule has 0 spiro atoms. The van der Waals surface area contributed by atoms with Gasteiger partial charge in [0.05, 0.1) is 4.88 Å². The highest BCUT2D eigenvalue weighted by molar-refractivity contribution is 9.10. The van der Waals surface area contributed by atoms with E-state index in [1.165, 1.54) is 16.3 Å². The van der Waals surface area contributed by atoms with Gasteiger partial charge >= 0.3 is 0 Å². The molecule has 1 atom stereocenters. The Labute approximate surface area is 134 Å². The molecule has 21 heavy (non-hydrogen) atoms. The number of carbonyl (C=O) groups excluding carboxylic acids is 1. The highest BCUT2D eigenvalue weighted by atomic mass is 79.9. The number of halogens is 1. The molecule has 3 rings (SSSR count). The summed E-state index contributed by atoms with van der Waals surface area (Å²) in [5.41, 5.74) is -0.0483. The van der Waals surface area contributed by atoms with Crippen LogP contribution in [0.1, 0.15) is 28.6 Å². The third-order valence-corrected chi connectivity index (χ3v) is 4.74. The maximum Gasteiger partial charge on any atom is 0.286 e. The van der Waals surface area contributed by atoms with Crippen LogP contribution in [0, 0.1) is 0 Å². The first-order valence-corrected chi connectivity index (χ1v) is 8.08. The largest absolute Gasteiger partial charge is 0.365 e. The van der Waals surface area contributed by atoms with E-state index in [9.17, 15) is 9.90 Å². The van der Waals surface area contributed by atoms with E-state index in [1.807, 2.05) is 30.5 Å². The van der Waals surface area contributed by atoms with E-state index >= 15 is 0 Å². The van der Waals surface area contributed by atoms with Crippen molar-refractivity contribution in [3.63, 3.8) is 0 Å². The summed E-state index contributed by atoms with van der Waals surface area (Å²) in [5, 5.41) is 18.3. The Morgan fingerprint density at radius 3 is 2.71 bits per heavy atom. The van der Waals surface area contributed by atoms with Crippen LogP contribution in [0.3, 0.4) is 0 Å². The van der Waals surface area contributed by atoms with Gasteiger partial charge in [0.25, 0.3) is 5.91 Å². The number of hydrogen-bond acceptors (Lipinski definition) is 4. The normalized spacial score (nSPS) is 21.5. The van der Waals surface area contributed by atoms with Crippen molar-refractivity contribution in [3.05, 3.63) is 56.7 Å². The highest BCUT2D eigenvalue weighted by Crippen LogP contribution is 2.37. The van der Waals surface area contributed by atoms with Crippen LogP contribution in [-0.2, 0) is 5.72 Å². The second-order valence-electron chi connectivity index (χ2n) is 4.93. The van der Waals surface area contributed by atoms with E-state index in [4.69, 9.17) is 0 Å². The van der Waals surface area contributed by atoms with Gasteiger partial charge < -0.3 is 5.11 Å². The summed E-state index contributed by atoms with van der Waals surface area (Å²) < 4.78 is 0.918. The van der Waals surface area contributed by atoms with E-state index < -0.39 is 5.72 Å². The zero-order chi connectivity index (χ0) is 15.0. The quantitative estimate of drug-likeness (QED) is 0.885. The Morgan fingerprint density at radius 1 is 1.38 bits per heavy atom. The summed E-state index contributed by atoms with van der Waals surface area (Å²) in [5.74, 6) is -0.285. The number of aliphatic hydroxyl groups is 1. The van der Waals surface area contributed by atoms with Crippen molar-refractivity contribution >= 4 is 38.9 Å². The standard InChI is InChI=1S/C15H13BrN2O2S/c1-10-9-15(20,11-4-6-12(16)7-5-11)18(17-10)14(19)13-3-2-8-21-13/h2-8,20H,9H2,1H3. The van der Waals surface area contributed by atoms with Crippen LogP contribution in [0.25, 0.3) is 0 Å². The first-order valence-electron chi connectivity index (χ1n) is 6.41. The van der Waals surface area contributed by atoms with Crippen LogP contribution in [0.2, 0.25) is 0 Å². The van der Waals surface area contributed by atoms with Crippen LogP contribution in [0.5, 0.6) is 0 Å². The van der Waals surface area contributed by atoms with Gasteiger partial charge in [0.1, 0.15) is 0 Å². The maximum absolute atomic E-state index is 12.6. The fraction of sp³-hybridized carbons (Fsp3) is 0.200. The molecule has 0 fully saturated rings. The van der Waals surface area contributed by atoms with Gasteiger partial charge in [-0.3, -0.25) is 4.79 Å². The fourth-order valence-corrected chi connectivity index (χ4v) is 3.29. The van der Waals surface area contributed by atoms with Gasteiger partial charge in [0, 0.05) is 22.2 Å². The van der Waals surface area contributed by atoms with E-state index in [2.05, 4.69) is 21.0 Å². The predicted octanol–water partition coefficient (Wildman–Crippen LogP) is 3.58. The lowest BCUT2D eigenvalue weighted by atomic mass is 9.97. The fourth-order valence-electron chi connectivity index (χ4n) is 2.38. The van der Waals surface area contributed by atoms with Crippen molar-refractivity contribution in [3.8, 4) is 0 Å². The topological polar surface area (TPSA) is 52.9 Å². The summed E-state index contributed by atoms with van der Waals surface area (Å²) in [6.45, 7) is 1.81. The number of thiophene rings is 1. The monoisotopic (exact) mass is 364 g/mol. The van der Waals surface area contributed by atoms with E-state index in [-0.39, 0.29) is 5.91 Å². The lowest BCUT2D eigenvalue weighted by Crippen LogP contribution is -2.43. The Bertz CT molecular complexity index is 697. The van der Waals surface area contributed by atoms with Gasteiger partial charge in [-0.15, -0.1) is 11.3 Å². The minimum atomic E-state index is -1.42. The molecule has 0 saturated heterocycles. The Morgan fingerprint density at radius 2 is 2.10 bits per heavy atom. The Kier molecular flexibility index (Phi) is 3.69. The van der Waals surface area contributed by atoms with Crippen molar-refractivity contribution < 1.29 is 9.90 Å². The van der Waals surface area contributed by atoms with Crippen LogP contribution < -0.4 is 0 Å². The molecule has 4 nitrogen and oxygen atoms in total.